The summed E-state index contributed by atoms with van der Waals surface area (Å²) in [7, 11) is 1.74. The van der Waals surface area contributed by atoms with Gasteiger partial charge in [0.15, 0.2) is 0 Å². The molecular weight excluding hydrogens is 272 g/mol. The van der Waals surface area contributed by atoms with Crippen LogP contribution in [-0.4, -0.2) is 49.0 Å². The maximum absolute atomic E-state index is 11.8. The fraction of sp³-hybridized carbons (Fsp3) is 0.500. The van der Waals surface area contributed by atoms with Crippen LogP contribution in [0.4, 0.5) is 17.1 Å². The standard InChI is InChI=1S/C14H20N4O3/c1-3-7-15-11-5-4-6-12(14(11)18(20)21)17-9-8-16(2)13(19)10-17/h4-6,15H,3,7-10H2,1-2H3. The van der Waals surface area contributed by atoms with E-state index in [1.54, 1.807) is 35.0 Å². The molecule has 7 nitrogen and oxygen atoms in total. The van der Waals surface area contributed by atoms with Crippen LogP contribution in [0.25, 0.3) is 0 Å². The molecule has 1 aromatic carbocycles. The summed E-state index contributed by atoms with van der Waals surface area (Å²) in [5.74, 6) is -0.0255. The minimum atomic E-state index is -0.379. The fourth-order valence-electron chi connectivity index (χ4n) is 2.34. The number of nitro benzene ring substituents is 1. The van der Waals surface area contributed by atoms with E-state index in [1.165, 1.54) is 0 Å². The highest BCUT2D eigenvalue weighted by Crippen LogP contribution is 2.35. The number of nitrogens with zero attached hydrogens (tertiary/aromatic N) is 3. The molecule has 0 radical (unpaired) electrons. The van der Waals surface area contributed by atoms with Crippen LogP contribution in [0.1, 0.15) is 13.3 Å². The Bertz CT molecular complexity index is 547. The molecule has 114 valence electrons. The van der Waals surface area contributed by atoms with Crippen molar-refractivity contribution >= 4 is 23.0 Å². The molecule has 1 aromatic rings. The van der Waals surface area contributed by atoms with Crippen LogP contribution in [0.2, 0.25) is 0 Å². The molecule has 2 rings (SSSR count). The summed E-state index contributed by atoms with van der Waals surface area (Å²) in [6.07, 6.45) is 0.883. The summed E-state index contributed by atoms with van der Waals surface area (Å²) in [6, 6.07) is 5.19. The van der Waals surface area contributed by atoms with Gasteiger partial charge in [0.05, 0.1) is 11.5 Å². The van der Waals surface area contributed by atoms with E-state index in [1.807, 2.05) is 6.92 Å². The van der Waals surface area contributed by atoms with E-state index in [2.05, 4.69) is 5.32 Å². The number of anilines is 2. The maximum atomic E-state index is 11.8. The van der Waals surface area contributed by atoms with Crippen molar-refractivity contribution in [3.05, 3.63) is 28.3 Å². The van der Waals surface area contributed by atoms with Gasteiger partial charge in [0, 0.05) is 26.7 Å². The third-order valence-electron chi connectivity index (χ3n) is 3.56. The molecule has 0 atom stereocenters. The predicted octanol–water partition coefficient (Wildman–Crippen LogP) is 1.70. The largest absolute Gasteiger partial charge is 0.379 e. The number of carbonyl (C=O) groups is 1. The van der Waals surface area contributed by atoms with Crippen molar-refractivity contribution in [3.8, 4) is 0 Å². The van der Waals surface area contributed by atoms with Gasteiger partial charge in [0.1, 0.15) is 11.4 Å². The Labute approximate surface area is 123 Å². The summed E-state index contributed by atoms with van der Waals surface area (Å²) < 4.78 is 0. The van der Waals surface area contributed by atoms with Crippen molar-refractivity contribution < 1.29 is 9.72 Å². The first-order chi connectivity index (χ1) is 10.0. The van der Waals surface area contributed by atoms with E-state index in [0.29, 0.717) is 31.0 Å². The first-order valence-electron chi connectivity index (χ1n) is 7.04. The highest BCUT2D eigenvalue weighted by molar-refractivity contribution is 5.86. The molecule has 0 bridgehead atoms. The third kappa shape index (κ3) is 3.24. The number of nitro groups is 1. The Morgan fingerprint density at radius 1 is 1.38 bits per heavy atom. The molecule has 0 saturated carbocycles. The quantitative estimate of drug-likeness (QED) is 0.660. The second-order valence-electron chi connectivity index (χ2n) is 5.09. The molecule has 7 heteroatoms. The number of hydrogen-bond acceptors (Lipinski definition) is 5. The number of benzene rings is 1. The molecule has 0 spiro atoms. The molecule has 1 amide bonds. The Morgan fingerprint density at radius 3 is 2.76 bits per heavy atom. The van der Waals surface area contributed by atoms with Crippen LogP contribution in [0, 0.1) is 10.1 Å². The number of piperazine rings is 1. The zero-order chi connectivity index (χ0) is 15.4. The van der Waals surface area contributed by atoms with Crippen LogP contribution in [0.3, 0.4) is 0 Å². The van der Waals surface area contributed by atoms with Gasteiger partial charge in [-0.05, 0) is 18.6 Å². The van der Waals surface area contributed by atoms with Crippen LogP contribution >= 0.6 is 0 Å². The van der Waals surface area contributed by atoms with Gasteiger partial charge < -0.3 is 15.1 Å². The van der Waals surface area contributed by atoms with Crippen LogP contribution in [-0.2, 0) is 4.79 Å². The molecule has 1 N–H and O–H groups in total. The number of nitrogens with one attached hydrogen (secondary N) is 1. The van der Waals surface area contributed by atoms with Crippen molar-refractivity contribution in [3.63, 3.8) is 0 Å². The Morgan fingerprint density at radius 2 is 2.14 bits per heavy atom. The monoisotopic (exact) mass is 292 g/mol. The lowest BCUT2D eigenvalue weighted by molar-refractivity contribution is -0.383. The molecule has 0 aromatic heterocycles. The second-order valence-corrected chi connectivity index (χ2v) is 5.09. The van der Waals surface area contributed by atoms with Gasteiger partial charge in [0.25, 0.3) is 0 Å². The van der Waals surface area contributed by atoms with Crippen molar-refractivity contribution in [2.45, 2.75) is 13.3 Å². The van der Waals surface area contributed by atoms with Gasteiger partial charge in [-0.25, -0.2) is 0 Å². The highest BCUT2D eigenvalue weighted by Gasteiger charge is 2.28. The summed E-state index contributed by atoms with van der Waals surface area (Å²) in [5, 5.41) is 14.5. The summed E-state index contributed by atoms with van der Waals surface area (Å²) >= 11 is 0. The average Bonchev–Trinajstić information content (AvgIpc) is 2.47. The smallest absolute Gasteiger partial charge is 0.315 e. The van der Waals surface area contributed by atoms with Gasteiger partial charge >= 0.3 is 5.69 Å². The van der Waals surface area contributed by atoms with Gasteiger partial charge in [-0.3, -0.25) is 14.9 Å². The van der Waals surface area contributed by atoms with Gasteiger partial charge in [0.2, 0.25) is 5.91 Å². The van der Waals surface area contributed by atoms with Gasteiger partial charge in [-0.1, -0.05) is 13.0 Å². The van der Waals surface area contributed by atoms with E-state index in [-0.39, 0.29) is 23.1 Å². The van der Waals surface area contributed by atoms with E-state index in [4.69, 9.17) is 0 Å². The summed E-state index contributed by atoms with van der Waals surface area (Å²) in [6.45, 7) is 4.02. The second kappa shape index (κ2) is 6.43. The minimum Gasteiger partial charge on any atom is -0.379 e. The first kappa shape index (κ1) is 15.1. The lowest BCUT2D eigenvalue weighted by Crippen LogP contribution is -2.48. The average molecular weight is 292 g/mol. The zero-order valence-corrected chi connectivity index (χ0v) is 12.3. The van der Waals surface area contributed by atoms with E-state index in [0.717, 1.165) is 6.42 Å². The predicted molar refractivity (Wildman–Crippen MR) is 81.7 cm³/mol. The Hall–Kier alpha value is -2.31. The number of amides is 1. The number of carbonyl (C=O) groups excluding carboxylic acids is 1. The molecular formula is C14H20N4O3. The molecule has 1 aliphatic rings. The zero-order valence-electron chi connectivity index (χ0n) is 12.3. The van der Waals surface area contributed by atoms with Crippen LogP contribution < -0.4 is 10.2 Å². The van der Waals surface area contributed by atoms with Crippen molar-refractivity contribution in [1.82, 2.24) is 4.90 Å². The molecule has 1 fully saturated rings. The molecule has 1 heterocycles. The fourth-order valence-corrected chi connectivity index (χ4v) is 2.34. The number of likely N-dealkylation sites (N-methyl/N-ethyl adjacent to an activating group) is 1. The Kier molecular flexibility index (Phi) is 4.62. The normalized spacial score (nSPS) is 15.2. The lowest BCUT2D eigenvalue weighted by atomic mass is 10.2. The molecule has 21 heavy (non-hydrogen) atoms. The van der Waals surface area contributed by atoms with E-state index >= 15 is 0 Å². The number of hydrogen-bond donors (Lipinski definition) is 1. The third-order valence-corrected chi connectivity index (χ3v) is 3.56. The first-order valence-corrected chi connectivity index (χ1v) is 7.04. The van der Waals surface area contributed by atoms with Crippen molar-refractivity contribution in [1.29, 1.82) is 0 Å². The molecule has 1 saturated heterocycles. The topological polar surface area (TPSA) is 78.7 Å². The van der Waals surface area contributed by atoms with Crippen LogP contribution in [0.15, 0.2) is 18.2 Å². The minimum absolute atomic E-state index is 0.0255. The molecule has 0 unspecified atom stereocenters. The van der Waals surface area contributed by atoms with Crippen molar-refractivity contribution in [2.24, 2.45) is 0 Å². The van der Waals surface area contributed by atoms with Crippen molar-refractivity contribution in [2.75, 3.05) is 43.4 Å². The van der Waals surface area contributed by atoms with E-state index < -0.39 is 0 Å². The number of para-hydroxylation sites is 1. The van der Waals surface area contributed by atoms with Gasteiger partial charge in [-0.15, -0.1) is 0 Å². The summed E-state index contributed by atoms with van der Waals surface area (Å²) in [4.78, 5) is 26.3. The van der Waals surface area contributed by atoms with E-state index in [9.17, 15) is 14.9 Å². The summed E-state index contributed by atoms with van der Waals surface area (Å²) in [5.41, 5.74) is 1.05. The molecule has 0 aliphatic carbocycles. The lowest BCUT2D eigenvalue weighted by Gasteiger charge is -2.33. The SMILES string of the molecule is CCCNc1cccc(N2CCN(C)C(=O)C2)c1[N+](=O)[O-]. The highest BCUT2D eigenvalue weighted by atomic mass is 16.6. The maximum Gasteiger partial charge on any atom is 0.315 e. The van der Waals surface area contributed by atoms with Crippen LogP contribution in [0.5, 0.6) is 0 Å². The molecule has 1 aliphatic heterocycles. The van der Waals surface area contributed by atoms with Gasteiger partial charge in [-0.2, -0.15) is 0 Å². The Balaban J connectivity index is 2.34. The number of rotatable bonds is 5.